The normalized spacial score (nSPS) is 11.1. The van der Waals surface area contributed by atoms with Gasteiger partial charge in [-0.2, -0.15) is 5.10 Å². The van der Waals surface area contributed by atoms with Crippen LogP contribution in [-0.4, -0.2) is 23.3 Å². The van der Waals surface area contributed by atoms with Crippen LogP contribution >= 0.6 is 11.8 Å². The summed E-state index contributed by atoms with van der Waals surface area (Å²) < 4.78 is 0. The maximum absolute atomic E-state index is 11.9. The highest BCUT2D eigenvalue weighted by Gasteiger charge is 2.04. The number of aryl methyl sites for hydroxylation is 1. The van der Waals surface area contributed by atoms with Crippen LogP contribution in [0.5, 0.6) is 0 Å². The van der Waals surface area contributed by atoms with E-state index in [-0.39, 0.29) is 11.8 Å². The first kappa shape index (κ1) is 19.7. The molecule has 0 aromatic heterocycles. The van der Waals surface area contributed by atoms with Gasteiger partial charge in [0.15, 0.2) is 0 Å². The van der Waals surface area contributed by atoms with E-state index in [2.05, 4.69) is 47.0 Å². The largest absolute Gasteiger partial charge is 0.326 e. The molecule has 0 spiro atoms. The minimum absolute atomic E-state index is 0.129. The number of hydrogen-bond acceptors (Lipinski definition) is 4. The van der Waals surface area contributed by atoms with Crippen LogP contribution in [0.25, 0.3) is 0 Å². The predicted octanol–water partition coefficient (Wildman–Crippen LogP) is 3.73. The Labute approximate surface area is 158 Å². The number of anilines is 1. The van der Waals surface area contributed by atoms with Crippen LogP contribution in [-0.2, 0) is 15.3 Å². The van der Waals surface area contributed by atoms with E-state index in [1.807, 2.05) is 25.1 Å². The van der Waals surface area contributed by atoms with Gasteiger partial charge in [0.25, 0.3) is 0 Å². The summed E-state index contributed by atoms with van der Waals surface area (Å²) in [5.74, 6) is 0.862. The Morgan fingerprint density at radius 3 is 2.50 bits per heavy atom. The van der Waals surface area contributed by atoms with Gasteiger partial charge in [0.05, 0.1) is 11.5 Å². The summed E-state index contributed by atoms with van der Waals surface area (Å²) in [5, 5.41) is 6.87. The fourth-order valence-corrected chi connectivity index (χ4v) is 2.99. The zero-order chi connectivity index (χ0) is 18.9. The second kappa shape index (κ2) is 9.77. The number of thioether (sulfide) groups is 1. The minimum Gasteiger partial charge on any atom is -0.326 e. The van der Waals surface area contributed by atoms with E-state index in [1.54, 1.807) is 17.8 Å². The van der Waals surface area contributed by atoms with Crippen molar-refractivity contribution in [1.29, 1.82) is 0 Å². The summed E-state index contributed by atoms with van der Waals surface area (Å²) in [6.45, 7) is 5.32. The number of nitrogens with zero attached hydrogens (tertiary/aromatic N) is 1. The molecule has 0 fully saturated rings. The summed E-state index contributed by atoms with van der Waals surface area (Å²) in [4.78, 5) is 23.1. The van der Waals surface area contributed by atoms with E-state index in [0.717, 1.165) is 11.3 Å². The number of nitrogens with one attached hydrogen (secondary N) is 2. The van der Waals surface area contributed by atoms with E-state index in [0.29, 0.717) is 17.2 Å². The summed E-state index contributed by atoms with van der Waals surface area (Å²) in [7, 11) is 0. The number of amides is 2. The maximum Gasteiger partial charge on any atom is 0.250 e. The van der Waals surface area contributed by atoms with Gasteiger partial charge in [0.1, 0.15) is 0 Å². The third-order valence-electron chi connectivity index (χ3n) is 3.57. The predicted molar refractivity (Wildman–Crippen MR) is 108 cm³/mol. The van der Waals surface area contributed by atoms with E-state index in [4.69, 9.17) is 0 Å². The van der Waals surface area contributed by atoms with Gasteiger partial charge in [0.2, 0.25) is 11.8 Å². The first-order chi connectivity index (χ1) is 12.4. The van der Waals surface area contributed by atoms with Gasteiger partial charge in [-0.3, -0.25) is 9.59 Å². The van der Waals surface area contributed by atoms with Crippen LogP contribution in [0.4, 0.5) is 5.69 Å². The minimum atomic E-state index is -0.139. The van der Waals surface area contributed by atoms with Crippen LogP contribution in [0, 0.1) is 6.92 Å². The van der Waals surface area contributed by atoms with Gasteiger partial charge in [-0.25, -0.2) is 5.43 Å². The summed E-state index contributed by atoms with van der Waals surface area (Å²) in [6, 6.07) is 15.6. The summed E-state index contributed by atoms with van der Waals surface area (Å²) in [6.07, 6.45) is 0. The molecular formula is C20H23N3O2S. The van der Waals surface area contributed by atoms with Crippen LogP contribution in [0.3, 0.4) is 0 Å². The third-order valence-corrected chi connectivity index (χ3v) is 4.58. The lowest BCUT2D eigenvalue weighted by Crippen LogP contribution is -2.21. The molecule has 0 bridgehead atoms. The summed E-state index contributed by atoms with van der Waals surface area (Å²) in [5.41, 5.74) is 7.21. The van der Waals surface area contributed by atoms with Gasteiger partial charge >= 0.3 is 0 Å². The number of hydrazone groups is 1. The molecule has 0 heterocycles. The molecule has 0 atom stereocenters. The first-order valence-corrected chi connectivity index (χ1v) is 9.44. The molecule has 26 heavy (non-hydrogen) atoms. The molecule has 0 saturated carbocycles. The van der Waals surface area contributed by atoms with Gasteiger partial charge in [-0.15, -0.1) is 11.8 Å². The van der Waals surface area contributed by atoms with Crippen molar-refractivity contribution in [2.75, 3.05) is 11.1 Å². The zero-order valence-corrected chi connectivity index (χ0v) is 16.0. The molecule has 0 aliphatic heterocycles. The molecule has 6 heteroatoms. The second-order valence-corrected chi connectivity index (χ2v) is 6.96. The Kier molecular flexibility index (Phi) is 7.41. The highest BCUT2D eigenvalue weighted by Crippen LogP contribution is 2.13. The van der Waals surface area contributed by atoms with E-state index < -0.39 is 0 Å². The molecule has 2 aromatic carbocycles. The van der Waals surface area contributed by atoms with Crippen molar-refractivity contribution in [1.82, 2.24) is 5.43 Å². The lowest BCUT2D eigenvalue weighted by Gasteiger charge is -2.06. The maximum atomic E-state index is 11.9. The van der Waals surface area contributed by atoms with Crippen molar-refractivity contribution in [2.24, 2.45) is 5.10 Å². The SMILES string of the molecule is CC(=O)Nc1cccc(/C(C)=N/NC(=O)CSCc2ccc(C)cc2)c1. The smallest absolute Gasteiger partial charge is 0.250 e. The lowest BCUT2D eigenvalue weighted by atomic mass is 10.1. The molecule has 0 saturated heterocycles. The zero-order valence-electron chi connectivity index (χ0n) is 15.2. The van der Waals surface area contributed by atoms with E-state index in [1.165, 1.54) is 18.1 Å². The van der Waals surface area contributed by atoms with Crippen molar-refractivity contribution in [3.8, 4) is 0 Å². The number of hydrogen-bond donors (Lipinski definition) is 2. The number of rotatable bonds is 7. The van der Waals surface area contributed by atoms with Gasteiger partial charge in [-0.05, 0) is 37.1 Å². The van der Waals surface area contributed by atoms with Gasteiger partial charge in [-0.1, -0.05) is 42.0 Å². The molecule has 2 aromatic rings. The van der Waals surface area contributed by atoms with Gasteiger partial charge < -0.3 is 5.32 Å². The average molecular weight is 369 g/mol. The fourth-order valence-electron chi connectivity index (χ4n) is 2.21. The number of carbonyl (C=O) groups excluding carboxylic acids is 2. The van der Waals surface area contributed by atoms with Crippen molar-refractivity contribution in [3.05, 3.63) is 65.2 Å². The molecule has 5 nitrogen and oxygen atoms in total. The molecule has 0 aliphatic rings. The molecule has 2 N–H and O–H groups in total. The summed E-state index contributed by atoms with van der Waals surface area (Å²) >= 11 is 1.55. The molecule has 0 aliphatic carbocycles. The van der Waals surface area contributed by atoms with Gasteiger partial charge in [0, 0.05) is 18.4 Å². The number of carbonyl (C=O) groups is 2. The Morgan fingerprint density at radius 1 is 1.08 bits per heavy atom. The molecule has 2 amide bonds. The topological polar surface area (TPSA) is 70.6 Å². The monoisotopic (exact) mass is 369 g/mol. The van der Waals surface area contributed by atoms with Crippen molar-refractivity contribution < 1.29 is 9.59 Å². The molecular weight excluding hydrogens is 346 g/mol. The second-order valence-electron chi connectivity index (χ2n) is 5.97. The Hall–Kier alpha value is -2.60. The van der Waals surface area contributed by atoms with Crippen LogP contribution in [0.2, 0.25) is 0 Å². The Morgan fingerprint density at radius 2 is 1.81 bits per heavy atom. The standard InChI is InChI=1S/C20H23N3O2S/c1-14-7-9-17(10-8-14)12-26-13-20(25)23-22-15(2)18-5-4-6-19(11-18)21-16(3)24/h4-11H,12-13H2,1-3H3,(H,21,24)(H,23,25)/b22-15+. The molecule has 0 unspecified atom stereocenters. The van der Waals surface area contributed by atoms with E-state index >= 15 is 0 Å². The van der Waals surface area contributed by atoms with E-state index in [9.17, 15) is 9.59 Å². The molecule has 0 radical (unpaired) electrons. The number of benzene rings is 2. The van der Waals surface area contributed by atoms with Crippen LogP contribution < -0.4 is 10.7 Å². The molecule has 2 rings (SSSR count). The lowest BCUT2D eigenvalue weighted by molar-refractivity contribution is -0.118. The first-order valence-electron chi connectivity index (χ1n) is 8.28. The Bertz CT molecular complexity index is 801. The van der Waals surface area contributed by atoms with Crippen molar-refractivity contribution >= 4 is 35.0 Å². The Balaban J connectivity index is 1.83. The van der Waals surface area contributed by atoms with Crippen LogP contribution in [0.1, 0.15) is 30.5 Å². The highest BCUT2D eigenvalue weighted by atomic mass is 32.2. The highest BCUT2D eigenvalue weighted by molar-refractivity contribution is 7.99. The average Bonchev–Trinajstić information content (AvgIpc) is 2.61. The van der Waals surface area contributed by atoms with Crippen LogP contribution in [0.15, 0.2) is 53.6 Å². The quantitative estimate of drug-likeness (QED) is 0.577. The van der Waals surface area contributed by atoms with Crippen molar-refractivity contribution in [3.63, 3.8) is 0 Å². The third kappa shape index (κ3) is 6.72. The fraction of sp³-hybridized carbons (Fsp3) is 0.250. The van der Waals surface area contributed by atoms with Crippen molar-refractivity contribution in [2.45, 2.75) is 26.5 Å². The molecule has 136 valence electrons.